The van der Waals surface area contributed by atoms with Crippen LogP contribution in [0.3, 0.4) is 0 Å². The van der Waals surface area contributed by atoms with Crippen LogP contribution in [-0.2, 0) is 4.74 Å². The zero-order valence-corrected chi connectivity index (χ0v) is 6.87. The third-order valence-electron chi connectivity index (χ3n) is 2.73. The lowest BCUT2D eigenvalue weighted by Gasteiger charge is -2.12. The molecular weight excluding hydrogens is 128 g/mol. The van der Waals surface area contributed by atoms with Crippen LogP contribution in [-0.4, -0.2) is 23.9 Å². The molecule has 0 radical (unpaired) electrons. The summed E-state index contributed by atoms with van der Waals surface area (Å²) in [5, 5.41) is 8.85. The second-order valence-corrected chi connectivity index (χ2v) is 3.28. The predicted octanol–water partition coefficient (Wildman–Crippen LogP) is 1.04. The molecule has 1 aliphatic rings. The number of aliphatic hydroxyl groups excluding tert-OH is 1. The Morgan fingerprint density at radius 1 is 1.20 bits per heavy atom. The van der Waals surface area contributed by atoms with Crippen molar-refractivity contribution in [3.63, 3.8) is 0 Å². The number of hydrogen-bond donors (Lipinski definition) is 1. The van der Waals surface area contributed by atoms with Crippen molar-refractivity contribution in [2.45, 2.75) is 33.0 Å². The van der Waals surface area contributed by atoms with E-state index in [1.165, 1.54) is 0 Å². The van der Waals surface area contributed by atoms with Crippen molar-refractivity contribution in [1.29, 1.82) is 0 Å². The molecule has 0 saturated carbocycles. The highest BCUT2D eigenvalue weighted by Gasteiger charge is 2.35. The van der Waals surface area contributed by atoms with Crippen LogP contribution >= 0.6 is 0 Å². The van der Waals surface area contributed by atoms with Gasteiger partial charge in [-0.2, -0.15) is 0 Å². The first-order valence-corrected chi connectivity index (χ1v) is 3.93. The predicted molar refractivity (Wildman–Crippen MR) is 39.7 cm³/mol. The van der Waals surface area contributed by atoms with Crippen LogP contribution in [0.2, 0.25) is 0 Å². The zero-order chi connectivity index (χ0) is 7.72. The van der Waals surface area contributed by atoms with E-state index in [-0.39, 0.29) is 12.7 Å². The summed E-state index contributed by atoms with van der Waals surface area (Å²) in [7, 11) is 0. The molecule has 0 bridgehead atoms. The van der Waals surface area contributed by atoms with Gasteiger partial charge in [0.15, 0.2) is 0 Å². The maximum atomic E-state index is 8.85. The first-order valence-electron chi connectivity index (χ1n) is 3.93. The van der Waals surface area contributed by atoms with Crippen molar-refractivity contribution < 1.29 is 9.84 Å². The lowest BCUT2D eigenvalue weighted by molar-refractivity contribution is 0.00657. The Balaban J connectivity index is 2.53. The number of hydrogen-bond acceptors (Lipinski definition) is 2. The van der Waals surface area contributed by atoms with E-state index in [2.05, 4.69) is 20.8 Å². The summed E-state index contributed by atoms with van der Waals surface area (Å²) in [5.74, 6) is 1.08. The third kappa shape index (κ3) is 1.18. The molecule has 0 aromatic carbocycles. The Morgan fingerprint density at radius 3 is 2.00 bits per heavy atom. The van der Waals surface area contributed by atoms with Crippen LogP contribution in [0.4, 0.5) is 0 Å². The third-order valence-corrected chi connectivity index (χ3v) is 2.73. The van der Waals surface area contributed by atoms with Gasteiger partial charge >= 0.3 is 0 Å². The van der Waals surface area contributed by atoms with E-state index in [9.17, 15) is 0 Å². The molecule has 0 spiro atoms. The number of ether oxygens (including phenoxy) is 1. The lowest BCUT2D eigenvalue weighted by atomic mass is 9.91. The van der Waals surface area contributed by atoms with Gasteiger partial charge in [-0.25, -0.2) is 0 Å². The minimum atomic E-state index is 0.0741. The molecule has 0 aliphatic carbocycles. The molecule has 4 unspecified atom stereocenters. The van der Waals surface area contributed by atoms with Crippen molar-refractivity contribution >= 4 is 0 Å². The van der Waals surface area contributed by atoms with Gasteiger partial charge in [0.05, 0.1) is 18.8 Å². The Morgan fingerprint density at radius 2 is 1.80 bits per heavy atom. The van der Waals surface area contributed by atoms with Crippen molar-refractivity contribution in [2.24, 2.45) is 11.8 Å². The van der Waals surface area contributed by atoms with Crippen molar-refractivity contribution in [1.82, 2.24) is 0 Å². The van der Waals surface area contributed by atoms with Gasteiger partial charge in [0, 0.05) is 0 Å². The summed E-state index contributed by atoms with van der Waals surface area (Å²) < 4.78 is 5.48. The Bertz CT molecular complexity index is 114. The van der Waals surface area contributed by atoms with Gasteiger partial charge in [0.2, 0.25) is 0 Å². The molecule has 1 rings (SSSR count). The second kappa shape index (κ2) is 2.89. The lowest BCUT2D eigenvalue weighted by Crippen LogP contribution is -2.19. The van der Waals surface area contributed by atoms with Crippen LogP contribution in [0.15, 0.2) is 0 Å². The number of aliphatic hydroxyl groups is 1. The molecule has 1 saturated heterocycles. The highest BCUT2D eigenvalue weighted by molar-refractivity contribution is 4.82. The quantitative estimate of drug-likeness (QED) is 0.595. The van der Waals surface area contributed by atoms with Crippen molar-refractivity contribution in [3.05, 3.63) is 0 Å². The normalized spacial score (nSPS) is 48.0. The van der Waals surface area contributed by atoms with Gasteiger partial charge < -0.3 is 9.84 Å². The molecule has 10 heavy (non-hydrogen) atoms. The highest BCUT2D eigenvalue weighted by Crippen LogP contribution is 2.31. The molecule has 2 heteroatoms. The van der Waals surface area contributed by atoms with Crippen molar-refractivity contribution in [2.75, 3.05) is 6.61 Å². The van der Waals surface area contributed by atoms with Crippen LogP contribution in [0.5, 0.6) is 0 Å². The fourth-order valence-electron chi connectivity index (χ4n) is 1.50. The van der Waals surface area contributed by atoms with Crippen molar-refractivity contribution in [3.8, 4) is 0 Å². The van der Waals surface area contributed by atoms with Gasteiger partial charge in [0.25, 0.3) is 0 Å². The molecule has 0 amide bonds. The molecule has 60 valence electrons. The molecule has 2 nitrogen and oxygen atoms in total. The van der Waals surface area contributed by atoms with E-state index in [1.54, 1.807) is 0 Å². The van der Waals surface area contributed by atoms with Gasteiger partial charge in [-0.1, -0.05) is 13.8 Å². The molecule has 1 N–H and O–H groups in total. The first kappa shape index (κ1) is 8.02. The first-order chi connectivity index (χ1) is 4.66. The van der Waals surface area contributed by atoms with Crippen LogP contribution in [0, 0.1) is 11.8 Å². The van der Waals surface area contributed by atoms with E-state index in [0.717, 1.165) is 0 Å². The van der Waals surface area contributed by atoms with E-state index in [1.807, 2.05) is 0 Å². The average molecular weight is 144 g/mol. The smallest absolute Gasteiger partial charge is 0.0838 e. The van der Waals surface area contributed by atoms with Gasteiger partial charge in [0.1, 0.15) is 0 Å². The van der Waals surface area contributed by atoms with E-state index in [0.29, 0.717) is 17.9 Å². The number of rotatable bonds is 1. The fraction of sp³-hybridized carbons (Fsp3) is 1.00. The molecular formula is C8H16O2. The SMILES string of the molecule is CC1OC(CO)C(C)C1C. The maximum absolute atomic E-state index is 8.85. The second-order valence-electron chi connectivity index (χ2n) is 3.28. The Labute approximate surface area is 62.2 Å². The topological polar surface area (TPSA) is 29.5 Å². The zero-order valence-electron chi connectivity index (χ0n) is 6.87. The van der Waals surface area contributed by atoms with Crippen LogP contribution in [0.1, 0.15) is 20.8 Å². The van der Waals surface area contributed by atoms with E-state index in [4.69, 9.17) is 9.84 Å². The standard InChI is InChI=1S/C8H16O2/c1-5-6(2)8(4-9)10-7(5)3/h5-9H,4H2,1-3H3. The molecule has 1 aliphatic heterocycles. The van der Waals surface area contributed by atoms with E-state index < -0.39 is 0 Å². The average Bonchev–Trinajstić information content (AvgIpc) is 2.17. The maximum Gasteiger partial charge on any atom is 0.0838 e. The summed E-state index contributed by atoms with van der Waals surface area (Å²) in [6, 6.07) is 0. The summed E-state index contributed by atoms with van der Waals surface area (Å²) in [4.78, 5) is 0. The minimum Gasteiger partial charge on any atom is -0.394 e. The molecule has 1 fully saturated rings. The molecule has 1 heterocycles. The largest absolute Gasteiger partial charge is 0.394 e. The summed E-state index contributed by atoms with van der Waals surface area (Å²) in [6.45, 7) is 6.53. The fourth-order valence-corrected chi connectivity index (χ4v) is 1.50. The van der Waals surface area contributed by atoms with Crippen LogP contribution in [0.25, 0.3) is 0 Å². The Kier molecular flexibility index (Phi) is 2.32. The summed E-state index contributed by atoms with van der Waals surface area (Å²) in [5.41, 5.74) is 0. The molecule has 0 aromatic heterocycles. The monoisotopic (exact) mass is 144 g/mol. The summed E-state index contributed by atoms with van der Waals surface area (Å²) >= 11 is 0. The Hall–Kier alpha value is -0.0800. The van der Waals surface area contributed by atoms with E-state index >= 15 is 0 Å². The van der Waals surface area contributed by atoms with Crippen LogP contribution < -0.4 is 0 Å². The van der Waals surface area contributed by atoms with Gasteiger partial charge in [-0.3, -0.25) is 0 Å². The molecule has 0 aromatic rings. The molecule has 4 atom stereocenters. The summed E-state index contributed by atoms with van der Waals surface area (Å²) in [6.07, 6.45) is 0.386. The van der Waals surface area contributed by atoms with Gasteiger partial charge in [-0.15, -0.1) is 0 Å². The minimum absolute atomic E-state index is 0.0741. The highest BCUT2D eigenvalue weighted by atomic mass is 16.5. The van der Waals surface area contributed by atoms with Gasteiger partial charge in [-0.05, 0) is 18.8 Å².